The van der Waals surface area contributed by atoms with Crippen LogP contribution in [0.3, 0.4) is 0 Å². The van der Waals surface area contributed by atoms with Gasteiger partial charge in [-0.3, -0.25) is 9.48 Å². The molecule has 3 aromatic heterocycles. The number of nitrogens with zero attached hydrogens (tertiary/aromatic N) is 5. The van der Waals surface area contributed by atoms with E-state index in [4.69, 9.17) is 0 Å². The molecule has 29 heavy (non-hydrogen) atoms. The molecule has 10 heteroatoms. The zero-order valence-corrected chi connectivity index (χ0v) is 17.1. The summed E-state index contributed by atoms with van der Waals surface area (Å²) in [5.41, 5.74) is 3.46. The maximum Gasteiger partial charge on any atom is 0.244 e. The first kappa shape index (κ1) is 19.1. The molecule has 0 aliphatic carbocycles. The van der Waals surface area contributed by atoms with Crippen LogP contribution in [0.25, 0.3) is 22.1 Å². The number of pyridine rings is 1. The van der Waals surface area contributed by atoms with Crippen molar-refractivity contribution in [3.8, 4) is 0 Å². The molecule has 0 saturated heterocycles. The number of carbonyl (C=O) groups is 1. The van der Waals surface area contributed by atoms with E-state index in [1.54, 1.807) is 21.5 Å². The molecule has 0 unspecified atom stereocenters. The maximum absolute atomic E-state index is 12.7. The fourth-order valence-corrected chi connectivity index (χ4v) is 4.06. The second kappa shape index (κ2) is 6.96. The van der Waals surface area contributed by atoms with Crippen molar-refractivity contribution in [2.45, 2.75) is 19.2 Å². The number of aromatic nitrogens is 5. The van der Waals surface area contributed by atoms with Crippen LogP contribution in [-0.4, -0.2) is 44.9 Å². The number of benzene rings is 1. The molecule has 1 amide bonds. The van der Waals surface area contributed by atoms with Crippen molar-refractivity contribution >= 4 is 43.5 Å². The van der Waals surface area contributed by atoms with Crippen molar-refractivity contribution in [1.29, 1.82) is 0 Å². The molecular weight excluding hydrogens is 392 g/mol. The van der Waals surface area contributed by atoms with Gasteiger partial charge in [0.25, 0.3) is 0 Å². The van der Waals surface area contributed by atoms with Crippen LogP contribution >= 0.6 is 0 Å². The molecule has 1 N–H and O–H groups in total. The predicted molar refractivity (Wildman–Crippen MR) is 110 cm³/mol. The number of para-hydroxylation sites is 2. The van der Waals surface area contributed by atoms with Gasteiger partial charge < -0.3 is 9.88 Å². The molecule has 4 rings (SSSR count). The Kier molecular flexibility index (Phi) is 4.58. The molecule has 0 radical (unpaired) electrons. The molecule has 9 nitrogen and oxygen atoms in total. The highest BCUT2D eigenvalue weighted by molar-refractivity contribution is 7.89. The van der Waals surface area contributed by atoms with Gasteiger partial charge in [0.15, 0.2) is 15.5 Å². The number of hydrogen-bond donors (Lipinski definition) is 1. The standard InChI is InChI=1S/C19H20N6O3S/c1-12-14-8-13(9-20-19(14)24(2)23-12)21-18(26)10-25-16-7-5-4-6-15(16)22-17(25)11-29(3,27)28/h4-9H,10-11H2,1-3H3,(H,21,26). The zero-order valence-electron chi connectivity index (χ0n) is 16.2. The number of fused-ring (bicyclic) bond motifs is 2. The summed E-state index contributed by atoms with van der Waals surface area (Å²) in [5, 5.41) is 8.01. The number of aryl methyl sites for hydroxylation is 2. The van der Waals surface area contributed by atoms with Crippen LogP contribution in [0, 0.1) is 6.92 Å². The van der Waals surface area contributed by atoms with Crippen LogP contribution in [-0.2, 0) is 34.0 Å². The van der Waals surface area contributed by atoms with E-state index < -0.39 is 9.84 Å². The second-order valence-corrected chi connectivity index (χ2v) is 9.17. The highest BCUT2D eigenvalue weighted by Crippen LogP contribution is 2.20. The summed E-state index contributed by atoms with van der Waals surface area (Å²) in [6, 6.07) is 9.07. The topological polar surface area (TPSA) is 112 Å². The molecule has 0 saturated carbocycles. The summed E-state index contributed by atoms with van der Waals surface area (Å²) >= 11 is 0. The lowest BCUT2D eigenvalue weighted by atomic mass is 10.2. The molecule has 0 fully saturated rings. The van der Waals surface area contributed by atoms with E-state index in [1.807, 2.05) is 38.2 Å². The quantitative estimate of drug-likeness (QED) is 0.535. The minimum absolute atomic E-state index is 0.0601. The number of sulfone groups is 1. The first-order chi connectivity index (χ1) is 13.7. The van der Waals surface area contributed by atoms with Crippen molar-refractivity contribution in [3.05, 3.63) is 48.0 Å². The van der Waals surface area contributed by atoms with Crippen molar-refractivity contribution in [3.63, 3.8) is 0 Å². The Morgan fingerprint density at radius 3 is 2.76 bits per heavy atom. The van der Waals surface area contributed by atoms with Gasteiger partial charge in [0.2, 0.25) is 5.91 Å². The largest absolute Gasteiger partial charge is 0.323 e. The Balaban J connectivity index is 1.63. The average molecular weight is 412 g/mol. The van der Waals surface area contributed by atoms with Crippen molar-refractivity contribution in [2.75, 3.05) is 11.6 Å². The van der Waals surface area contributed by atoms with Crippen LogP contribution in [0.15, 0.2) is 36.5 Å². The lowest BCUT2D eigenvalue weighted by molar-refractivity contribution is -0.116. The summed E-state index contributed by atoms with van der Waals surface area (Å²) in [5.74, 6) is -0.205. The summed E-state index contributed by atoms with van der Waals surface area (Å²) in [4.78, 5) is 21.5. The fraction of sp³-hybridized carbons (Fsp3) is 0.263. The number of rotatable bonds is 5. The molecular formula is C19H20N6O3S. The van der Waals surface area contributed by atoms with E-state index in [2.05, 4.69) is 20.4 Å². The van der Waals surface area contributed by atoms with Gasteiger partial charge in [-0.1, -0.05) is 12.1 Å². The minimum atomic E-state index is -3.30. The molecule has 0 atom stereocenters. The van der Waals surface area contributed by atoms with Gasteiger partial charge in [-0.15, -0.1) is 0 Å². The number of hydrogen-bond acceptors (Lipinski definition) is 6. The van der Waals surface area contributed by atoms with Crippen LogP contribution in [0.4, 0.5) is 5.69 Å². The van der Waals surface area contributed by atoms with Crippen molar-refractivity contribution in [2.24, 2.45) is 7.05 Å². The van der Waals surface area contributed by atoms with E-state index in [0.29, 0.717) is 22.5 Å². The Morgan fingerprint density at radius 1 is 1.24 bits per heavy atom. The number of anilines is 1. The molecule has 4 aromatic rings. The van der Waals surface area contributed by atoms with Gasteiger partial charge in [-0.25, -0.2) is 18.4 Å². The Hall–Kier alpha value is -3.27. The van der Waals surface area contributed by atoms with Crippen LogP contribution in [0.2, 0.25) is 0 Å². The monoisotopic (exact) mass is 412 g/mol. The molecule has 3 heterocycles. The summed E-state index contributed by atoms with van der Waals surface area (Å²) in [7, 11) is -1.49. The zero-order chi connectivity index (χ0) is 20.8. The Labute approximate surface area is 167 Å². The SMILES string of the molecule is Cc1nn(C)c2ncc(NC(=O)Cn3c(CS(C)(=O)=O)nc4ccccc43)cc12. The third-order valence-corrected chi connectivity index (χ3v) is 5.36. The molecule has 0 aliphatic heterocycles. The molecule has 0 aliphatic rings. The van der Waals surface area contributed by atoms with Crippen LogP contribution < -0.4 is 5.32 Å². The van der Waals surface area contributed by atoms with Gasteiger partial charge in [0, 0.05) is 18.7 Å². The first-order valence-electron chi connectivity index (χ1n) is 8.92. The van der Waals surface area contributed by atoms with Crippen LogP contribution in [0.5, 0.6) is 0 Å². The average Bonchev–Trinajstić information content (AvgIpc) is 3.11. The lowest BCUT2D eigenvalue weighted by Crippen LogP contribution is -2.21. The van der Waals surface area contributed by atoms with Gasteiger partial charge in [-0.05, 0) is 25.1 Å². The third kappa shape index (κ3) is 3.83. The van der Waals surface area contributed by atoms with Crippen molar-refractivity contribution in [1.82, 2.24) is 24.3 Å². The number of amides is 1. The third-order valence-electron chi connectivity index (χ3n) is 4.57. The Bertz CT molecular complexity index is 1350. The molecule has 150 valence electrons. The fourth-order valence-electron chi connectivity index (χ4n) is 3.37. The maximum atomic E-state index is 12.7. The van der Waals surface area contributed by atoms with Crippen LogP contribution in [0.1, 0.15) is 11.5 Å². The van der Waals surface area contributed by atoms with E-state index in [9.17, 15) is 13.2 Å². The number of carbonyl (C=O) groups excluding carboxylic acids is 1. The molecule has 0 bridgehead atoms. The van der Waals surface area contributed by atoms with E-state index in [1.165, 1.54) is 0 Å². The Morgan fingerprint density at radius 2 is 2.00 bits per heavy atom. The normalized spacial score (nSPS) is 12.0. The number of imidazole rings is 1. The van der Waals surface area contributed by atoms with E-state index >= 15 is 0 Å². The smallest absolute Gasteiger partial charge is 0.244 e. The van der Waals surface area contributed by atoms with Gasteiger partial charge in [0.1, 0.15) is 18.1 Å². The lowest BCUT2D eigenvalue weighted by Gasteiger charge is -2.10. The van der Waals surface area contributed by atoms with Gasteiger partial charge in [-0.2, -0.15) is 5.10 Å². The minimum Gasteiger partial charge on any atom is -0.323 e. The highest BCUT2D eigenvalue weighted by Gasteiger charge is 2.17. The first-order valence-corrected chi connectivity index (χ1v) is 11.0. The van der Waals surface area contributed by atoms with E-state index in [-0.39, 0.29) is 18.2 Å². The highest BCUT2D eigenvalue weighted by atomic mass is 32.2. The molecule has 1 aromatic carbocycles. The summed E-state index contributed by atoms with van der Waals surface area (Å²) < 4.78 is 26.9. The van der Waals surface area contributed by atoms with Crippen molar-refractivity contribution < 1.29 is 13.2 Å². The summed E-state index contributed by atoms with van der Waals surface area (Å²) in [6.45, 7) is 1.82. The van der Waals surface area contributed by atoms with E-state index in [0.717, 1.165) is 23.0 Å². The number of nitrogens with one attached hydrogen (secondary N) is 1. The predicted octanol–water partition coefficient (Wildman–Crippen LogP) is 1.81. The van der Waals surface area contributed by atoms with Gasteiger partial charge in [0.05, 0.1) is 28.6 Å². The second-order valence-electron chi connectivity index (χ2n) is 7.03. The summed E-state index contributed by atoms with van der Waals surface area (Å²) in [6.07, 6.45) is 2.72. The molecule has 0 spiro atoms. The van der Waals surface area contributed by atoms with Gasteiger partial charge >= 0.3 is 0 Å².